The Hall–Kier alpha value is -1.39. The summed E-state index contributed by atoms with van der Waals surface area (Å²) in [5.74, 6) is 0. The van der Waals surface area contributed by atoms with Crippen LogP contribution in [-0.2, 0) is 10.2 Å². The summed E-state index contributed by atoms with van der Waals surface area (Å²) in [7, 11) is -5.92. The molecule has 0 radical (unpaired) electrons. The van der Waals surface area contributed by atoms with Crippen LogP contribution in [-0.4, -0.2) is 9.88 Å². The van der Waals surface area contributed by atoms with Crippen LogP contribution in [0.2, 0.25) is 0 Å². The number of halogens is 3. The van der Waals surface area contributed by atoms with Gasteiger partial charge in [0.25, 0.3) is 0 Å². The Labute approximate surface area is 120 Å². The van der Waals surface area contributed by atoms with E-state index in [0.29, 0.717) is 5.39 Å². The maximum Gasteiger partial charge on any atom is 0.334 e. The van der Waals surface area contributed by atoms with E-state index in [9.17, 15) is 18.2 Å². The number of nitrogens with zero attached hydrogens (tertiary/aromatic N) is 2. The van der Waals surface area contributed by atoms with Crippen molar-refractivity contribution >= 4 is 34.4 Å². The Morgan fingerprint density at radius 3 is 2.65 bits per heavy atom. The molecule has 5 nitrogen and oxygen atoms in total. The van der Waals surface area contributed by atoms with E-state index in [4.69, 9.17) is 10.2 Å². The number of alkyl halides is 2. The van der Waals surface area contributed by atoms with Crippen LogP contribution in [0, 0.1) is 11.3 Å². The van der Waals surface area contributed by atoms with E-state index >= 15 is 0 Å². The smallest absolute Gasteiger partial charge is 0.334 e. The van der Waals surface area contributed by atoms with Gasteiger partial charge in [-0.05, 0) is 24.3 Å². The molecular weight excluding hydrogens is 357 g/mol. The first-order chi connectivity index (χ1) is 9.16. The van der Waals surface area contributed by atoms with Crippen LogP contribution in [0.15, 0.2) is 28.7 Å². The lowest BCUT2D eigenvalue weighted by molar-refractivity contribution is -0.217. The summed E-state index contributed by atoms with van der Waals surface area (Å²) in [5, 5.41) is 9.14. The Bertz CT molecular complexity index is 785. The number of rotatable bonds is 2. The first-order valence-corrected chi connectivity index (χ1v) is 7.46. The molecule has 0 saturated heterocycles. The zero-order chi connectivity index (χ0) is 15.1. The molecule has 1 heterocycles. The maximum atomic E-state index is 13.7. The second-order valence-electron chi connectivity index (χ2n) is 3.89. The van der Waals surface area contributed by atoms with E-state index < -0.39 is 18.8 Å². The van der Waals surface area contributed by atoms with Crippen LogP contribution in [0.4, 0.5) is 8.78 Å². The first-order valence-electron chi connectivity index (χ1n) is 5.09. The number of pyridine rings is 1. The number of nitriles is 1. The third-order valence-corrected chi connectivity index (χ3v) is 4.18. The fourth-order valence-corrected chi connectivity index (χ4v) is 2.84. The van der Waals surface area contributed by atoms with E-state index in [2.05, 4.69) is 20.9 Å². The molecule has 1 atom stereocenters. The van der Waals surface area contributed by atoms with Crippen molar-refractivity contribution in [2.24, 2.45) is 0 Å². The van der Waals surface area contributed by atoms with Crippen molar-refractivity contribution in [2.75, 3.05) is 0 Å². The van der Waals surface area contributed by atoms with Crippen molar-refractivity contribution < 1.29 is 23.1 Å². The van der Waals surface area contributed by atoms with Gasteiger partial charge in [0.05, 0.1) is 5.52 Å². The lowest BCUT2D eigenvalue weighted by atomic mass is 10.1. The molecule has 104 valence electrons. The minimum Gasteiger partial charge on any atom is -0.774 e. The SMILES string of the molecule is N#Cc1ccc2cc(Br)c(C(F)(F)P(=O)([O-])O)cc2n1. The molecule has 0 amide bonds. The molecule has 1 aromatic carbocycles. The fourth-order valence-electron chi connectivity index (χ4n) is 1.59. The van der Waals surface area contributed by atoms with Crippen LogP contribution in [0.25, 0.3) is 10.9 Å². The quantitative estimate of drug-likeness (QED) is 0.828. The van der Waals surface area contributed by atoms with Crippen molar-refractivity contribution in [2.45, 2.75) is 5.66 Å². The molecule has 0 saturated carbocycles. The van der Waals surface area contributed by atoms with Crippen molar-refractivity contribution in [3.8, 4) is 6.07 Å². The van der Waals surface area contributed by atoms with Gasteiger partial charge in [0.15, 0.2) is 0 Å². The summed E-state index contributed by atoms with van der Waals surface area (Å²) in [6, 6.07) is 6.69. The topological polar surface area (TPSA) is 97.0 Å². The summed E-state index contributed by atoms with van der Waals surface area (Å²) in [6.45, 7) is 0. The number of hydrogen-bond acceptors (Lipinski definition) is 4. The minimum atomic E-state index is -5.92. The maximum absolute atomic E-state index is 13.7. The number of hydrogen-bond donors (Lipinski definition) is 1. The largest absolute Gasteiger partial charge is 0.774 e. The zero-order valence-electron chi connectivity index (χ0n) is 9.55. The van der Waals surface area contributed by atoms with Crippen molar-refractivity contribution in [1.29, 1.82) is 5.26 Å². The van der Waals surface area contributed by atoms with Crippen molar-refractivity contribution in [3.63, 3.8) is 0 Å². The second kappa shape index (κ2) is 4.86. The molecule has 1 aromatic heterocycles. The average molecular weight is 362 g/mol. The Kier molecular flexibility index (Phi) is 3.65. The number of fused-ring (bicyclic) bond motifs is 1. The first kappa shape index (κ1) is 15.0. The van der Waals surface area contributed by atoms with Gasteiger partial charge in [0.2, 0.25) is 7.60 Å². The summed E-state index contributed by atoms with van der Waals surface area (Å²) < 4.78 is 38.0. The number of aromatic nitrogens is 1. The normalized spacial score (nSPS) is 14.8. The molecule has 20 heavy (non-hydrogen) atoms. The molecule has 2 rings (SSSR count). The Morgan fingerprint density at radius 2 is 2.10 bits per heavy atom. The molecule has 2 aromatic rings. The Balaban J connectivity index is 2.75. The summed E-state index contributed by atoms with van der Waals surface area (Å²) in [4.78, 5) is 23.3. The van der Waals surface area contributed by atoms with Crippen LogP contribution >= 0.6 is 23.5 Å². The molecule has 0 fully saturated rings. The summed E-state index contributed by atoms with van der Waals surface area (Å²) in [5.41, 5.74) is -5.36. The Morgan fingerprint density at radius 1 is 1.45 bits per heavy atom. The van der Waals surface area contributed by atoms with Gasteiger partial charge in [-0.15, -0.1) is 0 Å². The van der Waals surface area contributed by atoms with Gasteiger partial charge in [-0.25, -0.2) is 4.98 Å². The van der Waals surface area contributed by atoms with Crippen LogP contribution in [0.1, 0.15) is 11.3 Å². The number of benzene rings is 1. The molecule has 1 N–H and O–H groups in total. The molecule has 0 spiro atoms. The highest BCUT2D eigenvalue weighted by Crippen LogP contribution is 2.57. The van der Waals surface area contributed by atoms with E-state index in [0.717, 1.165) is 6.07 Å². The molecular formula is C11H5BrF2N2O3P-. The van der Waals surface area contributed by atoms with Gasteiger partial charge in [-0.2, -0.15) is 14.0 Å². The van der Waals surface area contributed by atoms with Gasteiger partial charge >= 0.3 is 5.66 Å². The van der Waals surface area contributed by atoms with Gasteiger partial charge < -0.3 is 14.4 Å². The van der Waals surface area contributed by atoms with Gasteiger partial charge in [-0.1, -0.05) is 15.9 Å². The van der Waals surface area contributed by atoms with E-state index in [1.165, 1.54) is 18.2 Å². The third-order valence-electron chi connectivity index (χ3n) is 2.57. The lowest BCUT2D eigenvalue weighted by Gasteiger charge is -2.27. The molecule has 1 unspecified atom stereocenters. The lowest BCUT2D eigenvalue weighted by Crippen LogP contribution is -2.22. The van der Waals surface area contributed by atoms with Gasteiger partial charge in [0, 0.05) is 15.4 Å². The molecule has 0 aliphatic rings. The predicted octanol–water partition coefficient (Wildman–Crippen LogP) is 2.46. The predicted molar refractivity (Wildman–Crippen MR) is 67.9 cm³/mol. The third kappa shape index (κ3) is 2.45. The van der Waals surface area contributed by atoms with Crippen LogP contribution in [0.5, 0.6) is 0 Å². The van der Waals surface area contributed by atoms with E-state index in [1.54, 1.807) is 6.07 Å². The molecule has 0 aliphatic heterocycles. The standard InChI is InChI=1S/C11H6BrF2N2O3P/c12-9-3-6-1-2-7(5-15)16-10(6)4-8(9)11(13,14)20(17,18)19/h1-4H,(H2,17,18,19)/p-1. The van der Waals surface area contributed by atoms with Gasteiger partial charge in [0.1, 0.15) is 11.8 Å². The van der Waals surface area contributed by atoms with E-state index in [-0.39, 0.29) is 15.7 Å². The highest BCUT2D eigenvalue weighted by Gasteiger charge is 2.44. The van der Waals surface area contributed by atoms with E-state index in [1.807, 2.05) is 0 Å². The fraction of sp³-hybridized carbons (Fsp3) is 0.0909. The molecule has 0 aliphatic carbocycles. The highest BCUT2D eigenvalue weighted by atomic mass is 79.9. The molecule has 9 heteroatoms. The highest BCUT2D eigenvalue weighted by molar-refractivity contribution is 9.10. The van der Waals surface area contributed by atoms with Crippen molar-refractivity contribution in [1.82, 2.24) is 4.98 Å². The summed E-state index contributed by atoms with van der Waals surface area (Å²) >= 11 is 2.84. The second-order valence-corrected chi connectivity index (χ2v) is 6.35. The minimum absolute atomic E-state index is 0.00314. The monoisotopic (exact) mass is 361 g/mol. The van der Waals surface area contributed by atoms with Crippen LogP contribution < -0.4 is 4.89 Å². The van der Waals surface area contributed by atoms with Crippen LogP contribution in [0.3, 0.4) is 0 Å². The van der Waals surface area contributed by atoms with Crippen molar-refractivity contribution in [3.05, 3.63) is 40.0 Å². The van der Waals surface area contributed by atoms with Gasteiger partial charge in [-0.3, -0.25) is 0 Å². The molecule has 0 bridgehead atoms. The zero-order valence-corrected chi connectivity index (χ0v) is 12.0. The average Bonchev–Trinajstić information content (AvgIpc) is 2.35. The summed E-state index contributed by atoms with van der Waals surface area (Å²) in [6.07, 6.45) is 0.